The number of carbonyl (C=O) groups is 1. The zero-order chi connectivity index (χ0) is 16.9. The first-order valence-electron chi connectivity index (χ1n) is 7.98. The second-order valence-corrected chi connectivity index (χ2v) is 6.19. The van der Waals surface area contributed by atoms with Crippen molar-refractivity contribution < 1.29 is 9.53 Å². The van der Waals surface area contributed by atoms with Gasteiger partial charge in [0.05, 0.1) is 12.2 Å². The molecule has 2 aromatic rings. The zero-order valence-corrected chi connectivity index (χ0v) is 14.2. The molecule has 6 heteroatoms. The third-order valence-electron chi connectivity index (χ3n) is 4.05. The van der Waals surface area contributed by atoms with E-state index in [0.717, 1.165) is 12.1 Å². The van der Waals surface area contributed by atoms with Crippen LogP contribution in [0.4, 0.5) is 0 Å². The number of carbonyl (C=O) groups excluding carboxylic acids is 1. The van der Waals surface area contributed by atoms with Crippen molar-refractivity contribution in [2.45, 2.75) is 19.1 Å². The fraction of sp³-hybridized carbons (Fsp3) is 0.333. The van der Waals surface area contributed by atoms with Gasteiger partial charge in [-0.3, -0.25) is 9.78 Å². The molecule has 1 amide bonds. The summed E-state index contributed by atoms with van der Waals surface area (Å²) < 4.78 is 5.74. The summed E-state index contributed by atoms with van der Waals surface area (Å²) in [7, 11) is 0. The molecule has 0 bridgehead atoms. The van der Waals surface area contributed by atoms with Crippen LogP contribution in [0.1, 0.15) is 18.5 Å². The van der Waals surface area contributed by atoms with E-state index in [2.05, 4.69) is 10.3 Å². The molecule has 1 aliphatic rings. The lowest BCUT2D eigenvalue weighted by molar-refractivity contribution is -0.141. The molecule has 0 saturated carbocycles. The highest BCUT2D eigenvalue weighted by Crippen LogP contribution is 2.26. The van der Waals surface area contributed by atoms with E-state index in [4.69, 9.17) is 16.3 Å². The largest absolute Gasteiger partial charge is 0.479 e. The van der Waals surface area contributed by atoms with Crippen molar-refractivity contribution >= 4 is 17.5 Å². The lowest BCUT2D eigenvalue weighted by Gasteiger charge is -2.38. The Labute approximate surface area is 146 Å². The van der Waals surface area contributed by atoms with Crippen molar-refractivity contribution in [2.24, 2.45) is 0 Å². The zero-order valence-electron chi connectivity index (χ0n) is 13.5. The summed E-state index contributed by atoms with van der Waals surface area (Å²) in [4.78, 5) is 18.8. The van der Waals surface area contributed by atoms with Gasteiger partial charge in [0.15, 0.2) is 6.10 Å². The summed E-state index contributed by atoms with van der Waals surface area (Å²) >= 11 is 6.11. The molecule has 1 aromatic carbocycles. The van der Waals surface area contributed by atoms with Crippen molar-refractivity contribution in [3.05, 3.63) is 59.4 Å². The smallest absolute Gasteiger partial charge is 0.263 e. The lowest BCUT2D eigenvalue weighted by Crippen LogP contribution is -2.52. The molecule has 24 heavy (non-hydrogen) atoms. The number of benzene rings is 1. The van der Waals surface area contributed by atoms with Crippen molar-refractivity contribution in [3.8, 4) is 5.75 Å². The van der Waals surface area contributed by atoms with Gasteiger partial charge in [-0.05, 0) is 36.8 Å². The van der Waals surface area contributed by atoms with Gasteiger partial charge in [-0.1, -0.05) is 23.7 Å². The van der Waals surface area contributed by atoms with Gasteiger partial charge in [0.1, 0.15) is 5.75 Å². The third-order valence-corrected chi connectivity index (χ3v) is 4.29. The maximum absolute atomic E-state index is 12.9. The number of nitrogens with one attached hydrogen (secondary N) is 1. The maximum atomic E-state index is 12.9. The van der Waals surface area contributed by atoms with E-state index in [1.54, 1.807) is 31.5 Å². The molecule has 1 aliphatic heterocycles. The number of amides is 1. The first-order valence-corrected chi connectivity index (χ1v) is 8.36. The fourth-order valence-electron chi connectivity index (χ4n) is 2.88. The van der Waals surface area contributed by atoms with Crippen LogP contribution in [-0.2, 0) is 4.79 Å². The van der Waals surface area contributed by atoms with Gasteiger partial charge >= 0.3 is 0 Å². The Bertz CT molecular complexity index is 696. The van der Waals surface area contributed by atoms with Crippen LogP contribution in [0.5, 0.6) is 5.75 Å². The molecular weight excluding hydrogens is 326 g/mol. The van der Waals surface area contributed by atoms with Crippen molar-refractivity contribution in [1.82, 2.24) is 15.2 Å². The standard InChI is InChI=1S/C18H20ClN3O2/c1-13(24-16-6-3-7-20-11-16)18(23)22-9-8-21-12-17(22)14-4-2-5-15(19)10-14/h2-7,10-11,13,17,21H,8-9,12H2,1H3. The number of rotatable bonds is 4. The number of hydrogen-bond donors (Lipinski definition) is 1. The number of nitrogens with zero attached hydrogens (tertiary/aromatic N) is 2. The van der Waals surface area contributed by atoms with Gasteiger partial charge in [-0.2, -0.15) is 0 Å². The lowest BCUT2D eigenvalue weighted by atomic mass is 10.0. The summed E-state index contributed by atoms with van der Waals surface area (Å²) in [6, 6.07) is 11.2. The molecule has 1 saturated heterocycles. The fourth-order valence-corrected chi connectivity index (χ4v) is 3.08. The van der Waals surface area contributed by atoms with Crippen LogP contribution in [-0.4, -0.2) is 41.5 Å². The highest BCUT2D eigenvalue weighted by molar-refractivity contribution is 6.30. The van der Waals surface area contributed by atoms with Crippen LogP contribution in [0.25, 0.3) is 0 Å². The quantitative estimate of drug-likeness (QED) is 0.925. The number of hydrogen-bond acceptors (Lipinski definition) is 4. The van der Waals surface area contributed by atoms with Crippen LogP contribution in [0, 0.1) is 0 Å². The van der Waals surface area contributed by atoms with Crippen LogP contribution in [0.2, 0.25) is 5.02 Å². The molecule has 0 radical (unpaired) electrons. The van der Waals surface area contributed by atoms with Crippen molar-refractivity contribution in [2.75, 3.05) is 19.6 Å². The van der Waals surface area contributed by atoms with Crippen LogP contribution >= 0.6 is 11.6 Å². The maximum Gasteiger partial charge on any atom is 0.263 e. The molecule has 126 valence electrons. The molecule has 1 N–H and O–H groups in total. The highest BCUT2D eigenvalue weighted by atomic mass is 35.5. The molecule has 2 unspecified atom stereocenters. The summed E-state index contributed by atoms with van der Waals surface area (Å²) in [6.07, 6.45) is 2.70. The molecule has 1 aromatic heterocycles. The molecular formula is C18H20ClN3O2. The number of pyridine rings is 1. The van der Waals surface area contributed by atoms with E-state index < -0.39 is 6.10 Å². The average molecular weight is 346 g/mol. The number of ether oxygens (including phenoxy) is 1. The second-order valence-electron chi connectivity index (χ2n) is 5.76. The van der Waals surface area contributed by atoms with Crippen molar-refractivity contribution in [3.63, 3.8) is 0 Å². The third kappa shape index (κ3) is 3.86. The molecule has 1 fully saturated rings. The van der Waals surface area contributed by atoms with Gasteiger partial charge in [0, 0.05) is 30.9 Å². The van der Waals surface area contributed by atoms with Crippen LogP contribution < -0.4 is 10.1 Å². The van der Waals surface area contributed by atoms with E-state index in [9.17, 15) is 4.79 Å². The van der Waals surface area contributed by atoms with Crippen molar-refractivity contribution in [1.29, 1.82) is 0 Å². The van der Waals surface area contributed by atoms with Gasteiger partial charge in [-0.25, -0.2) is 0 Å². The number of halogens is 1. The second kappa shape index (κ2) is 7.64. The predicted octanol–water partition coefficient (Wildman–Crippen LogP) is 2.68. The topological polar surface area (TPSA) is 54.5 Å². The summed E-state index contributed by atoms with van der Waals surface area (Å²) in [5.74, 6) is 0.554. The predicted molar refractivity (Wildman–Crippen MR) is 93.1 cm³/mol. The monoisotopic (exact) mass is 345 g/mol. The molecule has 0 spiro atoms. The first kappa shape index (κ1) is 16.7. The van der Waals surface area contributed by atoms with E-state index in [-0.39, 0.29) is 11.9 Å². The molecule has 2 atom stereocenters. The molecule has 0 aliphatic carbocycles. The van der Waals surface area contributed by atoms with Crippen LogP contribution in [0.15, 0.2) is 48.8 Å². The summed E-state index contributed by atoms with van der Waals surface area (Å²) in [5.41, 5.74) is 1.02. The first-order chi connectivity index (χ1) is 11.6. The Hall–Kier alpha value is -2.11. The molecule has 5 nitrogen and oxygen atoms in total. The minimum absolute atomic E-state index is 0.0367. The normalized spacial score (nSPS) is 18.9. The van der Waals surface area contributed by atoms with Gasteiger partial charge in [0.25, 0.3) is 5.91 Å². The van der Waals surface area contributed by atoms with E-state index in [1.165, 1.54) is 0 Å². The van der Waals surface area contributed by atoms with Gasteiger partial charge < -0.3 is 15.0 Å². The van der Waals surface area contributed by atoms with E-state index in [0.29, 0.717) is 23.9 Å². The van der Waals surface area contributed by atoms with E-state index in [1.807, 2.05) is 29.2 Å². The van der Waals surface area contributed by atoms with Gasteiger partial charge in [-0.15, -0.1) is 0 Å². The van der Waals surface area contributed by atoms with E-state index >= 15 is 0 Å². The molecule has 3 rings (SSSR count). The summed E-state index contributed by atoms with van der Waals surface area (Å²) in [6.45, 7) is 3.87. The number of piperazine rings is 1. The van der Waals surface area contributed by atoms with Gasteiger partial charge in [0.2, 0.25) is 0 Å². The Morgan fingerprint density at radius 2 is 2.29 bits per heavy atom. The summed E-state index contributed by atoms with van der Waals surface area (Å²) in [5, 5.41) is 4.01. The minimum atomic E-state index is -0.575. The Balaban J connectivity index is 1.76. The SMILES string of the molecule is CC(Oc1cccnc1)C(=O)N1CCNCC1c1cccc(Cl)c1. The Kier molecular flexibility index (Phi) is 5.33. The highest BCUT2D eigenvalue weighted by Gasteiger charge is 2.31. The number of aromatic nitrogens is 1. The Morgan fingerprint density at radius 3 is 3.04 bits per heavy atom. The molecule has 2 heterocycles. The Morgan fingerprint density at radius 1 is 1.42 bits per heavy atom. The van der Waals surface area contributed by atoms with Crippen LogP contribution in [0.3, 0.4) is 0 Å². The average Bonchev–Trinajstić information content (AvgIpc) is 2.62. The minimum Gasteiger partial charge on any atom is -0.479 e.